The molecule has 390 valence electrons. The number of piperidine rings is 1. The number of likely N-dealkylation sites (tertiary alicyclic amines) is 1. The van der Waals surface area contributed by atoms with Gasteiger partial charge in [-0.25, -0.2) is 18.7 Å². The third-order valence-electron chi connectivity index (χ3n) is 17.7. The second kappa shape index (κ2) is 19.2. The van der Waals surface area contributed by atoms with E-state index in [0.717, 1.165) is 99.9 Å². The molecule has 3 aliphatic heterocycles. The molecule has 6 heterocycles. The van der Waals surface area contributed by atoms with E-state index in [-0.39, 0.29) is 53.1 Å². The number of benzene rings is 2. The number of amides is 2. The molecule has 4 fully saturated rings. The lowest BCUT2D eigenvalue weighted by Gasteiger charge is -2.63. The standard InChI is InChI=1S/C56H66ClF2N11O4/c1-33(71)68-19-15-46-44(32-68)49(69-18-7-8-34-22-42(37-30-63-66(6)31-37)43(48(58)59)24-47(34)69)65-70(46)39-12-10-38(11-13-39)67-20-16-56(17-21-67)25-41(26-56)74-53-61-28-36(29-62-53)50(72)64-51-54(2,3)52(55(51,4)5)73-40-14-9-35(27-60)45(57)23-40/h9,14,22-24,28-31,38-39,41,48,51-52H,7-8,10-13,15-21,25-26,32H2,1-6H3,(H,64,72). The zero-order chi connectivity index (χ0) is 51.8. The van der Waals surface area contributed by atoms with Crippen molar-refractivity contribution in [2.75, 3.05) is 31.1 Å². The van der Waals surface area contributed by atoms with Crippen molar-refractivity contribution in [1.29, 1.82) is 5.26 Å². The van der Waals surface area contributed by atoms with Crippen LogP contribution in [0.3, 0.4) is 0 Å². The molecule has 18 heteroatoms. The van der Waals surface area contributed by atoms with Crippen LogP contribution in [0.25, 0.3) is 11.1 Å². The molecule has 3 aromatic heterocycles. The van der Waals surface area contributed by atoms with E-state index in [1.165, 1.54) is 18.1 Å². The van der Waals surface area contributed by atoms with E-state index in [2.05, 4.69) is 68.6 Å². The van der Waals surface area contributed by atoms with Crippen LogP contribution in [0.2, 0.25) is 5.02 Å². The number of halogens is 3. The predicted octanol–water partition coefficient (Wildman–Crippen LogP) is 9.94. The first-order valence-corrected chi connectivity index (χ1v) is 26.8. The van der Waals surface area contributed by atoms with Gasteiger partial charge in [0.15, 0.2) is 5.82 Å². The summed E-state index contributed by atoms with van der Waals surface area (Å²) in [6, 6.07) is 11.6. The van der Waals surface area contributed by atoms with Crippen LogP contribution in [0.5, 0.6) is 11.8 Å². The molecule has 1 spiro atoms. The number of hydrogen-bond acceptors (Lipinski definition) is 11. The average Bonchev–Trinajstić information content (AvgIpc) is 4.00. The maximum atomic E-state index is 14.8. The van der Waals surface area contributed by atoms with Gasteiger partial charge in [-0.15, -0.1) is 0 Å². The maximum absolute atomic E-state index is 14.8. The molecule has 0 radical (unpaired) electrons. The van der Waals surface area contributed by atoms with Crippen LogP contribution >= 0.6 is 11.6 Å². The number of anilines is 2. The van der Waals surface area contributed by atoms with Gasteiger partial charge in [-0.3, -0.25) is 19.0 Å². The van der Waals surface area contributed by atoms with Crippen LogP contribution in [0.15, 0.2) is 55.1 Å². The quantitative estimate of drug-likeness (QED) is 0.134. The minimum absolute atomic E-state index is 0.00929. The summed E-state index contributed by atoms with van der Waals surface area (Å²) < 4.78 is 46.2. The number of nitriles is 1. The Morgan fingerprint density at radius 1 is 0.919 bits per heavy atom. The minimum Gasteiger partial charge on any atom is -0.489 e. The molecule has 15 nitrogen and oxygen atoms in total. The van der Waals surface area contributed by atoms with Crippen molar-refractivity contribution in [3.63, 3.8) is 0 Å². The zero-order valence-electron chi connectivity index (χ0n) is 43.2. The topological polar surface area (TPSA) is 160 Å². The molecule has 0 bridgehead atoms. The fraction of sp³-hybridized carbons (Fsp3) is 0.554. The van der Waals surface area contributed by atoms with Gasteiger partial charge >= 0.3 is 6.01 Å². The second-order valence-electron chi connectivity index (χ2n) is 23.1. The number of alkyl halides is 2. The van der Waals surface area contributed by atoms with Crippen LogP contribution in [0.1, 0.15) is 143 Å². The Bertz CT molecular complexity index is 2980. The number of aromatic nitrogens is 6. The van der Waals surface area contributed by atoms with Crippen molar-refractivity contribution < 1.29 is 27.8 Å². The molecule has 1 N–H and O–H groups in total. The molecule has 3 aliphatic carbocycles. The van der Waals surface area contributed by atoms with Crippen LogP contribution < -0.4 is 19.7 Å². The number of fused-ring (bicyclic) bond motifs is 2. The van der Waals surface area contributed by atoms with Crippen molar-refractivity contribution in [3.8, 4) is 29.0 Å². The number of aryl methyl sites for hydroxylation is 2. The van der Waals surface area contributed by atoms with E-state index in [4.69, 9.17) is 26.2 Å². The summed E-state index contributed by atoms with van der Waals surface area (Å²) in [6.45, 7) is 13.8. The van der Waals surface area contributed by atoms with Crippen molar-refractivity contribution in [2.45, 2.75) is 149 Å². The van der Waals surface area contributed by atoms with Gasteiger partial charge in [0, 0.05) is 109 Å². The predicted molar refractivity (Wildman–Crippen MR) is 276 cm³/mol. The molecule has 1 saturated heterocycles. The smallest absolute Gasteiger partial charge is 0.316 e. The molecule has 74 heavy (non-hydrogen) atoms. The highest BCUT2D eigenvalue weighted by Gasteiger charge is 2.64. The Kier molecular flexibility index (Phi) is 13.0. The summed E-state index contributed by atoms with van der Waals surface area (Å²) in [6.07, 6.45) is 14.4. The fourth-order valence-corrected chi connectivity index (χ4v) is 14.2. The molecule has 11 rings (SSSR count). The highest BCUT2D eigenvalue weighted by atomic mass is 35.5. The molecule has 5 aromatic rings. The summed E-state index contributed by atoms with van der Waals surface area (Å²) in [7, 11) is 1.79. The molecule has 6 aliphatic rings. The molecule has 0 unspecified atom stereocenters. The van der Waals surface area contributed by atoms with Crippen molar-refractivity contribution >= 4 is 34.9 Å². The largest absolute Gasteiger partial charge is 0.489 e. The SMILES string of the molecule is CC(=O)N1CCc2c(c(N3CCCc4cc(-c5cnn(C)c5)c(C(F)F)cc43)nn2C2CCC(N3CCC4(CC3)CC(Oc3ncc(C(=O)NC5C(C)(C)C(Oc6ccc(C#N)c(Cl)c6)C5(C)C)cn3)C4)CC2)C1. The highest BCUT2D eigenvalue weighted by molar-refractivity contribution is 6.31. The van der Waals surface area contributed by atoms with Gasteiger partial charge in [0.2, 0.25) is 5.91 Å². The summed E-state index contributed by atoms with van der Waals surface area (Å²) >= 11 is 6.27. The van der Waals surface area contributed by atoms with Crippen molar-refractivity contribution in [3.05, 3.63) is 93.7 Å². The van der Waals surface area contributed by atoms with Gasteiger partial charge in [0.05, 0.1) is 34.9 Å². The summed E-state index contributed by atoms with van der Waals surface area (Å²) in [5.41, 5.74) is 5.41. The zero-order valence-corrected chi connectivity index (χ0v) is 44.0. The minimum atomic E-state index is -2.66. The molecule has 0 atom stereocenters. The molecular weight excluding hydrogens is 964 g/mol. The maximum Gasteiger partial charge on any atom is 0.316 e. The lowest BCUT2D eigenvalue weighted by atomic mass is 9.49. The van der Waals surface area contributed by atoms with E-state index < -0.39 is 17.3 Å². The Morgan fingerprint density at radius 3 is 2.28 bits per heavy atom. The van der Waals surface area contributed by atoms with Gasteiger partial charge in [-0.1, -0.05) is 39.3 Å². The van der Waals surface area contributed by atoms with Gasteiger partial charge in [0.1, 0.15) is 24.0 Å². The molecular formula is C56H66ClF2N11O4. The van der Waals surface area contributed by atoms with E-state index in [9.17, 15) is 23.6 Å². The van der Waals surface area contributed by atoms with Gasteiger partial charge < -0.3 is 29.5 Å². The summed E-state index contributed by atoms with van der Waals surface area (Å²) in [4.78, 5) is 41.9. The molecule has 2 aromatic carbocycles. The summed E-state index contributed by atoms with van der Waals surface area (Å²) in [5, 5.41) is 22.5. The Balaban J connectivity index is 0.679. The van der Waals surface area contributed by atoms with Crippen LogP contribution in [-0.4, -0.2) is 102 Å². The Hall–Kier alpha value is -6.12. The third kappa shape index (κ3) is 9.07. The number of hydrogen-bond donors (Lipinski definition) is 1. The fourth-order valence-electron chi connectivity index (χ4n) is 14.0. The van der Waals surface area contributed by atoms with Crippen molar-refractivity contribution in [1.82, 2.24) is 44.6 Å². The van der Waals surface area contributed by atoms with Gasteiger partial charge in [-0.05, 0) is 118 Å². The van der Waals surface area contributed by atoms with E-state index in [1.807, 2.05) is 11.0 Å². The highest BCUT2D eigenvalue weighted by Crippen LogP contribution is 2.56. The third-order valence-corrected chi connectivity index (χ3v) is 18.0. The molecule has 3 saturated carbocycles. The lowest BCUT2D eigenvalue weighted by Crippen LogP contribution is -2.74. The van der Waals surface area contributed by atoms with E-state index >= 15 is 0 Å². The van der Waals surface area contributed by atoms with Crippen molar-refractivity contribution in [2.24, 2.45) is 23.3 Å². The van der Waals surface area contributed by atoms with Crippen LogP contribution in [0.4, 0.5) is 20.3 Å². The van der Waals surface area contributed by atoms with E-state index in [1.54, 1.807) is 55.3 Å². The number of nitrogens with zero attached hydrogens (tertiary/aromatic N) is 10. The van der Waals surface area contributed by atoms with Crippen LogP contribution in [-0.2, 0) is 31.2 Å². The number of nitrogens with one attached hydrogen (secondary N) is 1. The van der Waals surface area contributed by atoms with E-state index in [0.29, 0.717) is 65.1 Å². The first-order chi connectivity index (χ1) is 35.4. The monoisotopic (exact) mass is 1030 g/mol. The number of ether oxygens (including phenoxy) is 2. The Morgan fingerprint density at radius 2 is 1.64 bits per heavy atom. The summed E-state index contributed by atoms with van der Waals surface area (Å²) in [5.74, 6) is 1.15. The Labute approximate surface area is 436 Å². The lowest BCUT2D eigenvalue weighted by molar-refractivity contribution is -0.164. The average molecular weight is 1030 g/mol. The normalized spacial score (nSPS) is 24.1. The van der Waals surface area contributed by atoms with Gasteiger partial charge in [0.25, 0.3) is 12.3 Å². The first-order valence-electron chi connectivity index (χ1n) is 26.4. The number of rotatable bonds is 11. The number of carbonyl (C=O) groups excluding carboxylic acids is 2. The first kappa shape index (κ1) is 50.1. The second-order valence-corrected chi connectivity index (χ2v) is 23.5. The molecule has 2 amide bonds. The number of carbonyl (C=O) groups is 2. The van der Waals surface area contributed by atoms with Crippen LogP contribution in [0, 0.1) is 27.6 Å². The van der Waals surface area contributed by atoms with Gasteiger partial charge in [-0.2, -0.15) is 15.5 Å².